The average molecular weight is 429 g/mol. The van der Waals surface area contributed by atoms with E-state index in [9.17, 15) is 18.1 Å². The molecule has 0 saturated carbocycles. The van der Waals surface area contributed by atoms with Gasteiger partial charge in [0, 0.05) is 5.25 Å². The van der Waals surface area contributed by atoms with Crippen LogP contribution in [-0.4, -0.2) is 29.4 Å². The van der Waals surface area contributed by atoms with E-state index in [-0.39, 0.29) is 35.7 Å². The summed E-state index contributed by atoms with van der Waals surface area (Å²) in [5, 5.41) is 8.53. The molecule has 0 radical (unpaired) electrons. The van der Waals surface area contributed by atoms with Crippen molar-refractivity contribution >= 4 is 10.1 Å². The molecule has 0 bridgehead atoms. The largest absolute Gasteiger partial charge is 1.00 e. The third kappa shape index (κ3) is 21.6. The van der Waals surface area contributed by atoms with Gasteiger partial charge in [0.15, 0.2) is 0 Å². The van der Waals surface area contributed by atoms with Crippen LogP contribution in [0.3, 0.4) is 0 Å². The Labute approximate surface area is 197 Å². The van der Waals surface area contributed by atoms with Crippen molar-refractivity contribution < 1.29 is 47.6 Å². The van der Waals surface area contributed by atoms with Crippen LogP contribution in [0.2, 0.25) is 0 Å². The van der Waals surface area contributed by atoms with Crippen molar-refractivity contribution in [3.05, 3.63) is 0 Å². The predicted molar refractivity (Wildman–Crippen MR) is 114 cm³/mol. The Kier molecular flexibility index (Phi) is 23.4. The molecule has 6 heteroatoms. The van der Waals surface area contributed by atoms with Crippen molar-refractivity contribution in [3.63, 3.8) is 0 Å². The van der Waals surface area contributed by atoms with Crippen LogP contribution in [0, 0.1) is 0 Å². The third-order valence-corrected chi connectivity index (χ3v) is 6.72. The molecule has 2 atom stereocenters. The van der Waals surface area contributed by atoms with Gasteiger partial charge in [0.2, 0.25) is 0 Å². The van der Waals surface area contributed by atoms with E-state index >= 15 is 0 Å². The molecule has 0 saturated heterocycles. The van der Waals surface area contributed by atoms with E-state index < -0.39 is 15.4 Å². The Morgan fingerprint density at radius 2 is 1.00 bits per heavy atom. The Morgan fingerprint density at radius 1 is 0.679 bits per heavy atom. The van der Waals surface area contributed by atoms with Gasteiger partial charge in [-0.1, -0.05) is 103 Å². The topological polar surface area (TPSA) is 77.4 Å². The number of unbranched alkanes of at least 4 members (excludes halogenated alkanes) is 13. The van der Waals surface area contributed by atoms with Gasteiger partial charge in [-0.2, -0.15) is 0 Å². The number of rotatable bonds is 20. The normalized spacial score (nSPS) is 13.9. The first-order chi connectivity index (χ1) is 12.9. The second-order valence-electron chi connectivity index (χ2n) is 8.28. The van der Waals surface area contributed by atoms with Crippen molar-refractivity contribution in [2.24, 2.45) is 0 Å². The maximum Gasteiger partial charge on any atom is 1.00 e. The van der Waals surface area contributed by atoms with Crippen LogP contribution in [0.1, 0.15) is 129 Å². The second-order valence-corrected chi connectivity index (χ2v) is 9.93. The molecular weight excluding hydrogens is 383 g/mol. The summed E-state index contributed by atoms with van der Waals surface area (Å²) in [5.41, 5.74) is 0. The number of hydrogen-bond donors (Lipinski definition) is 1. The van der Waals surface area contributed by atoms with Crippen LogP contribution in [-0.2, 0) is 10.1 Å². The van der Waals surface area contributed by atoms with Gasteiger partial charge in [-0.25, -0.2) is 8.42 Å². The molecule has 4 nitrogen and oxygen atoms in total. The fourth-order valence-electron chi connectivity index (χ4n) is 3.63. The van der Waals surface area contributed by atoms with Crippen LogP contribution in [0.25, 0.3) is 0 Å². The van der Waals surface area contributed by atoms with Crippen molar-refractivity contribution in [3.8, 4) is 0 Å². The number of aliphatic hydroxyl groups excluding tert-OH is 1. The van der Waals surface area contributed by atoms with Gasteiger partial charge in [-0.05, 0) is 26.2 Å². The van der Waals surface area contributed by atoms with Crippen molar-refractivity contribution in [2.45, 2.75) is 141 Å². The quantitative estimate of drug-likeness (QED) is 0.183. The Morgan fingerprint density at radius 3 is 1.32 bits per heavy atom. The summed E-state index contributed by atoms with van der Waals surface area (Å²) in [6.07, 6.45) is 18.9. The molecule has 1 N–H and O–H groups in total. The zero-order valence-corrected chi connectivity index (χ0v) is 21.8. The van der Waals surface area contributed by atoms with Crippen molar-refractivity contribution in [2.75, 3.05) is 0 Å². The molecule has 0 heterocycles. The summed E-state index contributed by atoms with van der Waals surface area (Å²) in [7, 11) is -4.14. The Hall–Kier alpha value is 0.870. The summed E-state index contributed by atoms with van der Waals surface area (Å²) in [6, 6.07) is 0. The minimum Gasteiger partial charge on any atom is -0.748 e. The van der Waals surface area contributed by atoms with E-state index in [0.29, 0.717) is 12.8 Å². The van der Waals surface area contributed by atoms with Gasteiger partial charge >= 0.3 is 29.6 Å². The summed E-state index contributed by atoms with van der Waals surface area (Å²) in [6.45, 7) is 4.01. The first-order valence-corrected chi connectivity index (χ1v) is 13.0. The zero-order valence-electron chi connectivity index (χ0n) is 19.0. The van der Waals surface area contributed by atoms with E-state index in [4.69, 9.17) is 0 Å². The van der Waals surface area contributed by atoms with Gasteiger partial charge in [0.1, 0.15) is 0 Å². The first-order valence-electron chi connectivity index (χ1n) is 11.5. The van der Waals surface area contributed by atoms with Crippen LogP contribution in [0.4, 0.5) is 0 Å². The molecule has 0 aliphatic heterocycles. The van der Waals surface area contributed by atoms with E-state index in [2.05, 4.69) is 6.92 Å². The van der Waals surface area contributed by atoms with Crippen molar-refractivity contribution in [1.82, 2.24) is 0 Å². The molecule has 0 rings (SSSR count). The predicted octanol–water partition coefficient (Wildman–Crippen LogP) is 3.33. The maximum absolute atomic E-state index is 11.4. The molecule has 0 aliphatic rings. The summed E-state index contributed by atoms with van der Waals surface area (Å²) >= 11 is 0. The molecule has 0 aromatic heterocycles. The monoisotopic (exact) mass is 428 g/mol. The summed E-state index contributed by atoms with van der Waals surface area (Å²) < 4.78 is 34.3. The fraction of sp³-hybridized carbons (Fsp3) is 1.00. The van der Waals surface area contributed by atoms with Crippen LogP contribution >= 0.6 is 0 Å². The number of aliphatic hydroxyl groups is 1. The minimum atomic E-state index is -4.14. The molecule has 28 heavy (non-hydrogen) atoms. The zero-order chi connectivity index (χ0) is 20.4. The molecule has 2 unspecified atom stereocenters. The first kappa shape index (κ1) is 31.1. The maximum atomic E-state index is 11.4. The second kappa shape index (κ2) is 21.1. The van der Waals surface area contributed by atoms with Crippen molar-refractivity contribution in [1.29, 1.82) is 0 Å². The summed E-state index contributed by atoms with van der Waals surface area (Å²) in [4.78, 5) is 0. The molecule has 0 spiro atoms. The molecule has 0 aromatic carbocycles. The van der Waals surface area contributed by atoms with Crippen LogP contribution in [0.5, 0.6) is 0 Å². The van der Waals surface area contributed by atoms with E-state index in [0.717, 1.165) is 51.4 Å². The molecular formula is C22H45NaO4S. The third-order valence-electron chi connectivity index (χ3n) is 5.44. The van der Waals surface area contributed by atoms with Crippen LogP contribution < -0.4 is 29.6 Å². The van der Waals surface area contributed by atoms with Gasteiger partial charge in [0.25, 0.3) is 0 Å². The van der Waals surface area contributed by atoms with E-state index in [1.54, 1.807) is 0 Å². The standard InChI is InChI=1S/C22H46O4S.Na/c1-3-4-5-12-16-19-22(27(24,25)26)20-17-14-11-9-7-6-8-10-13-15-18-21(2)23;/h21-23H,3-20H2,1-2H3,(H,24,25,26);/q;+1/p-1. The number of hydrogen-bond acceptors (Lipinski definition) is 4. The smallest absolute Gasteiger partial charge is 0.748 e. The van der Waals surface area contributed by atoms with Crippen LogP contribution in [0.15, 0.2) is 0 Å². The molecule has 0 aliphatic carbocycles. The van der Waals surface area contributed by atoms with E-state index in [1.807, 2.05) is 6.92 Å². The molecule has 0 fully saturated rings. The molecule has 164 valence electrons. The minimum absolute atomic E-state index is 0. The summed E-state index contributed by atoms with van der Waals surface area (Å²) in [5.74, 6) is 0. The Balaban J connectivity index is 0. The Bertz CT molecular complexity index is 413. The van der Waals surface area contributed by atoms with Gasteiger partial charge in [-0.15, -0.1) is 0 Å². The molecule has 0 aromatic rings. The van der Waals surface area contributed by atoms with E-state index in [1.165, 1.54) is 51.4 Å². The molecule has 0 amide bonds. The van der Waals surface area contributed by atoms with Gasteiger partial charge in [-0.3, -0.25) is 0 Å². The fourth-order valence-corrected chi connectivity index (χ4v) is 4.55. The average Bonchev–Trinajstić information content (AvgIpc) is 2.59. The SMILES string of the molecule is CCCCCCCC(CCCCCCCCCCCCC(C)O)S(=O)(=O)[O-].[Na+]. The van der Waals surface area contributed by atoms with Gasteiger partial charge < -0.3 is 9.66 Å². The van der Waals surface area contributed by atoms with Gasteiger partial charge in [0.05, 0.1) is 16.2 Å².